The topological polar surface area (TPSA) is 69.6 Å². The SMILES string of the molecule is CC(O)CNC(=O)C(=O)N1CCCC(C)C1. The van der Waals surface area contributed by atoms with E-state index in [1.807, 2.05) is 0 Å². The third-order valence-electron chi connectivity index (χ3n) is 2.70. The van der Waals surface area contributed by atoms with E-state index in [0.29, 0.717) is 19.0 Å². The molecule has 0 aliphatic carbocycles. The molecular weight excluding hydrogens is 208 g/mol. The third-order valence-corrected chi connectivity index (χ3v) is 2.70. The molecule has 1 rings (SSSR count). The van der Waals surface area contributed by atoms with E-state index < -0.39 is 17.9 Å². The first-order chi connectivity index (χ1) is 7.50. The lowest BCUT2D eigenvalue weighted by molar-refractivity contribution is -0.147. The molecule has 0 spiro atoms. The monoisotopic (exact) mass is 228 g/mol. The van der Waals surface area contributed by atoms with Crippen LogP contribution in [0.3, 0.4) is 0 Å². The van der Waals surface area contributed by atoms with Gasteiger partial charge in [0, 0.05) is 19.6 Å². The molecule has 0 aromatic carbocycles. The zero-order valence-electron chi connectivity index (χ0n) is 9.90. The van der Waals surface area contributed by atoms with Gasteiger partial charge in [0.1, 0.15) is 0 Å². The lowest BCUT2D eigenvalue weighted by Crippen LogP contribution is -2.48. The molecule has 0 aromatic heterocycles. The van der Waals surface area contributed by atoms with Gasteiger partial charge < -0.3 is 15.3 Å². The number of carbonyl (C=O) groups is 2. The number of likely N-dealkylation sites (tertiary alicyclic amines) is 1. The van der Waals surface area contributed by atoms with Crippen molar-refractivity contribution in [1.29, 1.82) is 0 Å². The lowest BCUT2D eigenvalue weighted by atomic mass is 10.0. The van der Waals surface area contributed by atoms with Crippen LogP contribution in [0.4, 0.5) is 0 Å². The van der Waals surface area contributed by atoms with Crippen molar-refractivity contribution in [1.82, 2.24) is 10.2 Å². The summed E-state index contributed by atoms with van der Waals surface area (Å²) >= 11 is 0. The molecule has 1 saturated heterocycles. The van der Waals surface area contributed by atoms with Crippen LogP contribution in [0.25, 0.3) is 0 Å². The van der Waals surface area contributed by atoms with Crippen molar-refractivity contribution >= 4 is 11.8 Å². The highest BCUT2D eigenvalue weighted by molar-refractivity contribution is 6.35. The van der Waals surface area contributed by atoms with Crippen LogP contribution >= 0.6 is 0 Å². The number of aliphatic hydroxyl groups excluding tert-OH is 1. The summed E-state index contributed by atoms with van der Waals surface area (Å²) in [6.07, 6.45) is 1.44. The van der Waals surface area contributed by atoms with E-state index in [1.165, 1.54) is 0 Å². The molecule has 0 radical (unpaired) electrons. The van der Waals surface area contributed by atoms with E-state index in [9.17, 15) is 9.59 Å². The van der Waals surface area contributed by atoms with Gasteiger partial charge in [-0.15, -0.1) is 0 Å². The summed E-state index contributed by atoms with van der Waals surface area (Å²) in [5.41, 5.74) is 0. The Morgan fingerprint density at radius 2 is 2.25 bits per heavy atom. The Morgan fingerprint density at radius 1 is 1.56 bits per heavy atom. The maximum atomic E-state index is 11.7. The molecule has 0 aromatic rings. The number of rotatable bonds is 2. The number of hydrogen-bond donors (Lipinski definition) is 2. The molecule has 0 bridgehead atoms. The van der Waals surface area contributed by atoms with E-state index in [0.717, 1.165) is 12.8 Å². The Bertz CT molecular complexity index is 266. The van der Waals surface area contributed by atoms with Crippen molar-refractivity contribution in [2.24, 2.45) is 5.92 Å². The van der Waals surface area contributed by atoms with Gasteiger partial charge in [-0.25, -0.2) is 0 Å². The summed E-state index contributed by atoms with van der Waals surface area (Å²) < 4.78 is 0. The summed E-state index contributed by atoms with van der Waals surface area (Å²) in [7, 11) is 0. The maximum Gasteiger partial charge on any atom is 0.311 e. The van der Waals surface area contributed by atoms with Crippen molar-refractivity contribution < 1.29 is 14.7 Å². The number of hydrogen-bond acceptors (Lipinski definition) is 3. The number of amides is 2. The molecule has 2 N–H and O–H groups in total. The molecular formula is C11H20N2O3. The molecule has 1 fully saturated rings. The van der Waals surface area contributed by atoms with Gasteiger partial charge in [0.15, 0.2) is 0 Å². The minimum atomic E-state index is -0.628. The predicted octanol–water partition coefficient (Wildman–Crippen LogP) is -0.258. The summed E-state index contributed by atoms with van der Waals surface area (Å²) in [4.78, 5) is 24.7. The molecule has 2 unspecified atom stereocenters. The third kappa shape index (κ3) is 3.81. The zero-order chi connectivity index (χ0) is 12.1. The van der Waals surface area contributed by atoms with Crippen LogP contribution in [0, 0.1) is 5.92 Å². The summed E-state index contributed by atoms with van der Waals surface area (Å²) in [6, 6.07) is 0. The van der Waals surface area contributed by atoms with Gasteiger partial charge in [-0.1, -0.05) is 6.92 Å². The molecule has 1 heterocycles. The van der Waals surface area contributed by atoms with Crippen LogP contribution in [-0.4, -0.2) is 47.6 Å². The van der Waals surface area contributed by atoms with E-state index in [4.69, 9.17) is 5.11 Å². The van der Waals surface area contributed by atoms with E-state index in [2.05, 4.69) is 12.2 Å². The molecule has 5 nitrogen and oxygen atoms in total. The van der Waals surface area contributed by atoms with Gasteiger partial charge in [0.05, 0.1) is 6.10 Å². The zero-order valence-corrected chi connectivity index (χ0v) is 9.90. The second-order valence-electron chi connectivity index (χ2n) is 4.56. The molecule has 5 heteroatoms. The fourth-order valence-electron chi connectivity index (χ4n) is 1.83. The fraction of sp³-hybridized carbons (Fsp3) is 0.818. The van der Waals surface area contributed by atoms with Gasteiger partial charge in [0.2, 0.25) is 0 Å². The highest BCUT2D eigenvalue weighted by Crippen LogP contribution is 2.15. The fourth-order valence-corrected chi connectivity index (χ4v) is 1.83. The van der Waals surface area contributed by atoms with Crippen molar-refractivity contribution in [2.75, 3.05) is 19.6 Å². The quantitative estimate of drug-likeness (QED) is 0.640. The van der Waals surface area contributed by atoms with Crippen molar-refractivity contribution in [3.05, 3.63) is 0 Å². The normalized spacial score (nSPS) is 22.7. The number of nitrogens with zero attached hydrogens (tertiary/aromatic N) is 1. The van der Waals surface area contributed by atoms with Crippen molar-refractivity contribution in [2.45, 2.75) is 32.8 Å². The van der Waals surface area contributed by atoms with Crippen LogP contribution in [0.5, 0.6) is 0 Å². The average molecular weight is 228 g/mol. The number of aliphatic hydroxyl groups is 1. The van der Waals surface area contributed by atoms with Crippen molar-refractivity contribution in [3.63, 3.8) is 0 Å². The molecule has 1 aliphatic heterocycles. The first-order valence-electron chi connectivity index (χ1n) is 5.76. The second kappa shape index (κ2) is 5.84. The van der Waals surface area contributed by atoms with E-state index >= 15 is 0 Å². The molecule has 1 aliphatic rings. The van der Waals surface area contributed by atoms with E-state index in [1.54, 1.807) is 11.8 Å². The van der Waals surface area contributed by atoms with Gasteiger partial charge in [-0.05, 0) is 25.7 Å². The second-order valence-corrected chi connectivity index (χ2v) is 4.56. The number of nitrogens with one attached hydrogen (secondary N) is 1. The molecule has 2 atom stereocenters. The number of piperidine rings is 1. The van der Waals surface area contributed by atoms with Gasteiger partial charge in [0.25, 0.3) is 0 Å². The van der Waals surface area contributed by atoms with E-state index in [-0.39, 0.29) is 6.54 Å². The first kappa shape index (κ1) is 13.0. The highest BCUT2D eigenvalue weighted by Gasteiger charge is 2.25. The Morgan fingerprint density at radius 3 is 2.81 bits per heavy atom. The molecule has 2 amide bonds. The molecule has 92 valence electrons. The minimum Gasteiger partial charge on any atom is -0.392 e. The van der Waals surface area contributed by atoms with Gasteiger partial charge in [-0.3, -0.25) is 9.59 Å². The molecule has 0 saturated carbocycles. The smallest absolute Gasteiger partial charge is 0.311 e. The average Bonchev–Trinajstić information content (AvgIpc) is 2.24. The van der Waals surface area contributed by atoms with Gasteiger partial charge in [-0.2, -0.15) is 0 Å². The number of carbonyl (C=O) groups excluding carboxylic acids is 2. The highest BCUT2D eigenvalue weighted by atomic mass is 16.3. The Labute approximate surface area is 95.8 Å². The standard InChI is InChI=1S/C11H20N2O3/c1-8-4-3-5-13(7-8)11(16)10(15)12-6-9(2)14/h8-9,14H,3-7H2,1-2H3,(H,12,15). The van der Waals surface area contributed by atoms with Crippen LogP contribution in [0.2, 0.25) is 0 Å². The molecule has 16 heavy (non-hydrogen) atoms. The van der Waals surface area contributed by atoms with Crippen molar-refractivity contribution in [3.8, 4) is 0 Å². The van der Waals surface area contributed by atoms with Gasteiger partial charge >= 0.3 is 11.8 Å². The first-order valence-corrected chi connectivity index (χ1v) is 5.76. The van der Waals surface area contributed by atoms with Crippen LogP contribution in [0.15, 0.2) is 0 Å². The maximum absolute atomic E-state index is 11.7. The lowest BCUT2D eigenvalue weighted by Gasteiger charge is -2.30. The Kier molecular flexibility index (Phi) is 4.73. The predicted molar refractivity (Wildman–Crippen MR) is 59.7 cm³/mol. The van der Waals surface area contributed by atoms with Crippen LogP contribution in [0.1, 0.15) is 26.7 Å². The minimum absolute atomic E-state index is 0.119. The van der Waals surface area contributed by atoms with Crippen LogP contribution < -0.4 is 5.32 Å². The summed E-state index contributed by atoms with van der Waals surface area (Å²) in [5, 5.41) is 11.4. The Balaban J connectivity index is 2.40. The summed E-state index contributed by atoms with van der Waals surface area (Å²) in [6.45, 7) is 5.07. The Hall–Kier alpha value is -1.10. The van der Waals surface area contributed by atoms with Crippen LogP contribution in [-0.2, 0) is 9.59 Å². The summed E-state index contributed by atoms with van der Waals surface area (Å²) in [5.74, 6) is -0.635. The largest absolute Gasteiger partial charge is 0.392 e.